The second-order valence-corrected chi connectivity index (χ2v) is 10.6. The van der Waals surface area contributed by atoms with Crippen molar-refractivity contribution in [2.45, 2.75) is 51.4 Å². The number of ketones is 2. The number of fused-ring (bicyclic) bond motifs is 2. The third kappa shape index (κ3) is 6.19. The van der Waals surface area contributed by atoms with E-state index in [1.165, 1.54) is 38.5 Å². The summed E-state index contributed by atoms with van der Waals surface area (Å²) >= 11 is 0. The molecule has 1 aliphatic carbocycles. The molecule has 2 fully saturated rings. The number of anilines is 2. The lowest BCUT2D eigenvalue weighted by atomic mass is 9.83. The summed E-state index contributed by atoms with van der Waals surface area (Å²) < 4.78 is 0. The molecule has 2 aromatic rings. The van der Waals surface area contributed by atoms with Crippen LogP contribution in [-0.4, -0.2) is 72.4 Å². The SMILES string of the molecule is O=C(CCN1CCCCC1)Nc1ccc2c(c1)C(=O)c1cc(NC(=O)CCN3CCCCC3)ccc1C2=O. The largest absolute Gasteiger partial charge is 0.326 e. The van der Waals surface area contributed by atoms with E-state index in [0.717, 1.165) is 26.2 Å². The summed E-state index contributed by atoms with van der Waals surface area (Å²) in [5.41, 5.74) is 2.19. The minimum absolute atomic E-state index is 0.111. The summed E-state index contributed by atoms with van der Waals surface area (Å²) in [7, 11) is 0. The van der Waals surface area contributed by atoms with Gasteiger partial charge >= 0.3 is 0 Å². The number of piperidine rings is 2. The van der Waals surface area contributed by atoms with Gasteiger partial charge in [0.2, 0.25) is 11.8 Å². The van der Waals surface area contributed by atoms with Gasteiger partial charge < -0.3 is 20.4 Å². The number of likely N-dealkylation sites (tertiary alicyclic amines) is 2. The van der Waals surface area contributed by atoms with Crippen LogP contribution in [0.5, 0.6) is 0 Å². The summed E-state index contributed by atoms with van der Waals surface area (Å²) in [4.78, 5) is 56.2. The van der Waals surface area contributed by atoms with Crippen molar-refractivity contribution in [2.75, 3.05) is 49.9 Å². The minimum atomic E-state index is -0.288. The van der Waals surface area contributed by atoms with Gasteiger partial charge in [0.1, 0.15) is 0 Å². The Morgan fingerprint density at radius 2 is 0.974 bits per heavy atom. The molecule has 0 atom stereocenters. The van der Waals surface area contributed by atoms with Crippen LogP contribution in [0.1, 0.15) is 83.2 Å². The molecular weight excluding hydrogens is 480 g/mol. The summed E-state index contributed by atoms with van der Waals surface area (Å²) in [6.07, 6.45) is 7.96. The molecule has 2 saturated heterocycles. The van der Waals surface area contributed by atoms with Crippen molar-refractivity contribution >= 4 is 34.8 Å². The molecule has 0 saturated carbocycles. The highest BCUT2D eigenvalue weighted by Crippen LogP contribution is 2.31. The first-order chi connectivity index (χ1) is 18.5. The Morgan fingerprint density at radius 1 is 0.579 bits per heavy atom. The lowest BCUT2D eigenvalue weighted by molar-refractivity contribution is -0.117. The molecular formula is C30H36N4O4. The van der Waals surface area contributed by atoms with E-state index < -0.39 is 0 Å². The van der Waals surface area contributed by atoms with Crippen LogP contribution in [0.3, 0.4) is 0 Å². The van der Waals surface area contributed by atoms with Crippen molar-refractivity contribution in [1.82, 2.24) is 9.80 Å². The fraction of sp³-hybridized carbons (Fsp3) is 0.467. The molecule has 0 unspecified atom stereocenters. The van der Waals surface area contributed by atoms with E-state index in [1.54, 1.807) is 36.4 Å². The number of carbonyl (C=O) groups is 4. The van der Waals surface area contributed by atoms with Crippen molar-refractivity contribution < 1.29 is 19.2 Å². The van der Waals surface area contributed by atoms with Crippen molar-refractivity contribution in [3.05, 3.63) is 58.7 Å². The van der Waals surface area contributed by atoms with Crippen LogP contribution < -0.4 is 10.6 Å². The monoisotopic (exact) mass is 516 g/mol. The van der Waals surface area contributed by atoms with Gasteiger partial charge in [0, 0.05) is 59.6 Å². The highest BCUT2D eigenvalue weighted by Gasteiger charge is 2.30. The maximum atomic E-state index is 13.4. The van der Waals surface area contributed by atoms with Crippen LogP contribution in [0.15, 0.2) is 36.4 Å². The van der Waals surface area contributed by atoms with Crippen LogP contribution in [-0.2, 0) is 9.59 Å². The molecule has 0 spiro atoms. The maximum absolute atomic E-state index is 13.4. The molecule has 8 heteroatoms. The zero-order chi connectivity index (χ0) is 26.5. The van der Waals surface area contributed by atoms with E-state index in [9.17, 15) is 19.2 Å². The third-order valence-corrected chi connectivity index (χ3v) is 7.79. The van der Waals surface area contributed by atoms with E-state index in [1.807, 2.05) is 0 Å². The van der Waals surface area contributed by atoms with Gasteiger partial charge in [0.25, 0.3) is 0 Å². The molecule has 0 radical (unpaired) electrons. The Morgan fingerprint density at radius 3 is 1.39 bits per heavy atom. The van der Waals surface area contributed by atoms with Gasteiger partial charge in [-0.05, 0) is 88.3 Å². The number of nitrogens with zero attached hydrogens (tertiary/aromatic N) is 2. The summed E-state index contributed by atoms with van der Waals surface area (Å²) in [5, 5.41) is 5.76. The van der Waals surface area contributed by atoms with E-state index >= 15 is 0 Å². The van der Waals surface area contributed by atoms with Crippen LogP contribution in [0.2, 0.25) is 0 Å². The number of hydrogen-bond acceptors (Lipinski definition) is 6. The van der Waals surface area contributed by atoms with Crippen molar-refractivity contribution in [1.29, 1.82) is 0 Å². The second kappa shape index (κ2) is 12.0. The van der Waals surface area contributed by atoms with Gasteiger partial charge in [-0.15, -0.1) is 0 Å². The number of nitrogens with one attached hydrogen (secondary N) is 2. The van der Waals surface area contributed by atoms with E-state index in [-0.39, 0.29) is 34.5 Å². The molecule has 2 aromatic carbocycles. The van der Waals surface area contributed by atoms with Gasteiger partial charge in [-0.25, -0.2) is 0 Å². The zero-order valence-corrected chi connectivity index (χ0v) is 21.9. The summed E-state index contributed by atoms with van der Waals surface area (Å²) in [6.45, 7) is 5.56. The van der Waals surface area contributed by atoms with Gasteiger partial charge in [0.05, 0.1) is 0 Å². The summed E-state index contributed by atoms with van der Waals surface area (Å²) in [5.74, 6) is -0.746. The van der Waals surface area contributed by atoms with Crippen molar-refractivity contribution in [3.8, 4) is 0 Å². The molecule has 38 heavy (non-hydrogen) atoms. The Balaban J connectivity index is 1.23. The third-order valence-electron chi connectivity index (χ3n) is 7.79. The average Bonchev–Trinajstić information content (AvgIpc) is 2.95. The minimum Gasteiger partial charge on any atom is -0.326 e. The number of hydrogen-bond donors (Lipinski definition) is 2. The van der Waals surface area contributed by atoms with Crippen LogP contribution in [0, 0.1) is 0 Å². The smallest absolute Gasteiger partial charge is 0.225 e. The lowest BCUT2D eigenvalue weighted by Crippen LogP contribution is -2.32. The molecule has 2 amide bonds. The van der Waals surface area contributed by atoms with Gasteiger partial charge in [-0.3, -0.25) is 19.2 Å². The molecule has 2 N–H and O–H groups in total. The van der Waals surface area contributed by atoms with E-state index in [0.29, 0.717) is 48.4 Å². The summed E-state index contributed by atoms with van der Waals surface area (Å²) in [6, 6.07) is 9.72. The molecule has 3 aliphatic rings. The first kappa shape index (κ1) is 26.3. The molecule has 8 nitrogen and oxygen atoms in total. The first-order valence-corrected chi connectivity index (χ1v) is 13.9. The van der Waals surface area contributed by atoms with E-state index in [4.69, 9.17) is 0 Å². The highest BCUT2D eigenvalue weighted by molar-refractivity contribution is 6.29. The Hall–Kier alpha value is -3.36. The van der Waals surface area contributed by atoms with Gasteiger partial charge in [-0.1, -0.05) is 12.8 Å². The molecule has 0 aromatic heterocycles. The number of rotatable bonds is 8. The maximum Gasteiger partial charge on any atom is 0.225 e. The highest BCUT2D eigenvalue weighted by atomic mass is 16.2. The Kier molecular flexibility index (Phi) is 8.29. The van der Waals surface area contributed by atoms with Crippen LogP contribution >= 0.6 is 0 Å². The number of carbonyl (C=O) groups excluding carboxylic acids is 4. The molecule has 200 valence electrons. The number of amides is 2. The van der Waals surface area contributed by atoms with Gasteiger partial charge in [0.15, 0.2) is 11.6 Å². The molecule has 2 aliphatic heterocycles. The predicted molar refractivity (Wildman–Crippen MR) is 147 cm³/mol. The Labute approximate surface area is 223 Å². The number of benzene rings is 2. The fourth-order valence-corrected chi connectivity index (χ4v) is 5.64. The molecule has 5 rings (SSSR count). The van der Waals surface area contributed by atoms with Gasteiger partial charge in [-0.2, -0.15) is 0 Å². The first-order valence-electron chi connectivity index (χ1n) is 13.9. The van der Waals surface area contributed by atoms with Crippen LogP contribution in [0.4, 0.5) is 11.4 Å². The van der Waals surface area contributed by atoms with Crippen molar-refractivity contribution in [2.24, 2.45) is 0 Å². The quantitative estimate of drug-likeness (QED) is 0.468. The Bertz CT molecular complexity index is 1140. The normalized spacial score (nSPS) is 18.0. The standard InChI is InChI=1S/C30H36N4O4/c35-27(11-17-33-13-3-1-4-14-33)31-21-7-9-23-25(19-21)30(38)26-20-22(8-10-24(26)29(23)37)32-28(36)12-18-34-15-5-2-6-16-34/h7-10,19-20H,1-6,11-18H2,(H,31,35)(H,32,36). The predicted octanol–water partition coefficient (Wildman–Crippen LogP) is 4.09. The van der Waals surface area contributed by atoms with Crippen molar-refractivity contribution in [3.63, 3.8) is 0 Å². The fourth-order valence-electron chi connectivity index (χ4n) is 5.64. The average molecular weight is 517 g/mol. The lowest BCUT2D eigenvalue weighted by Gasteiger charge is -2.26. The van der Waals surface area contributed by atoms with E-state index in [2.05, 4.69) is 20.4 Å². The second-order valence-electron chi connectivity index (χ2n) is 10.6. The zero-order valence-electron chi connectivity index (χ0n) is 21.9. The molecule has 0 bridgehead atoms. The topological polar surface area (TPSA) is 98.8 Å². The van der Waals surface area contributed by atoms with Crippen LogP contribution in [0.25, 0.3) is 0 Å². The molecule has 2 heterocycles.